The van der Waals surface area contributed by atoms with Gasteiger partial charge in [0.15, 0.2) is 0 Å². The highest BCUT2D eigenvalue weighted by Crippen LogP contribution is 2.35. The number of aromatic nitrogens is 4. The van der Waals surface area contributed by atoms with E-state index < -0.39 is 0 Å². The summed E-state index contributed by atoms with van der Waals surface area (Å²) in [6.45, 7) is 0. The molecule has 0 aliphatic carbocycles. The number of carbonyl (C=O) groups excluding carboxylic acids is 1. The second kappa shape index (κ2) is 6.56. The van der Waals surface area contributed by atoms with Gasteiger partial charge in [-0.2, -0.15) is 5.10 Å². The fraction of sp³-hybridized carbons (Fsp3) is 0.400. The molecule has 0 saturated carbocycles. The van der Waals surface area contributed by atoms with E-state index in [2.05, 4.69) is 20.4 Å². The summed E-state index contributed by atoms with van der Waals surface area (Å²) in [6, 6.07) is 4.53. The van der Waals surface area contributed by atoms with Gasteiger partial charge in [0.2, 0.25) is 0 Å². The van der Waals surface area contributed by atoms with Crippen molar-refractivity contribution in [3.05, 3.63) is 36.9 Å². The van der Waals surface area contributed by atoms with Crippen molar-refractivity contribution in [3.63, 3.8) is 0 Å². The monoisotopic (exact) mass is 377 g/mol. The number of hydrogen-bond acceptors (Lipinski definition) is 5. The van der Waals surface area contributed by atoms with Crippen molar-refractivity contribution in [3.8, 4) is 11.1 Å². The zero-order chi connectivity index (χ0) is 19.3. The number of nitrogens with two attached hydrogens (primary N) is 1. The Morgan fingerprint density at radius 1 is 1.11 bits per heavy atom. The number of amides is 2. The third-order valence-electron chi connectivity index (χ3n) is 5.84. The van der Waals surface area contributed by atoms with Crippen LogP contribution in [0, 0.1) is 0 Å². The van der Waals surface area contributed by atoms with Gasteiger partial charge in [-0.25, -0.2) is 9.78 Å². The molecule has 2 amide bonds. The summed E-state index contributed by atoms with van der Waals surface area (Å²) in [5.74, 6) is 0.539. The summed E-state index contributed by atoms with van der Waals surface area (Å²) in [7, 11) is 1.89. The minimum atomic E-state index is -0.0809. The zero-order valence-electron chi connectivity index (χ0n) is 15.7. The molecule has 144 valence electrons. The Kier molecular flexibility index (Phi) is 4.01. The van der Waals surface area contributed by atoms with Gasteiger partial charge in [-0.1, -0.05) is 0 Å². The highest BCUT2D eigenvalue weighted by atomic mass is 16.2. The summed E-state index contributed by atoms with van der Waals surface area (Å²) in [4.78, 5) is 23.7. The first-order chi connectivity index (χ1) is 13.6. The lowest BCUT2D eigenvalue weighted by Crippen LogP contribution is -2.51. The third-order valence-corrected chi connectivity index (χ3v) is 5.84. The Bertz CT molecular complexity index is 1030. The van der Waals surface area contributed by atoms with E-state index >= 15 is 0 Å². The largest absolute Gasteiger partial charge is 0.328 e. The predicted molar refractivity (Wildman–Crippen MR) is 107 cm³/mol. The van der Waals surface area contributed by atoms with Crippen LogP contribution < -0.4 is 11.1 Å². The number of urea groups is 1. The molecule has 0 radical (unpaired) electrons. The molecule has 2 saturated heterocycles. The second-order valence-electron chi connectivity index (χ2n) is 7.84. The summed E-state index contributed by atoms with van der Waals surface area (Å²) >= 11 is 0. The molecule has 3 aromatic heterocycles. The van der Waals surface area contributed by atoms with Crippen LogP contribution in [0.5, 0.6) is 0 Å². The Labute approximate surface area is 162 Å². The molecule has 2 fully saturated rings. The van der Waals surface area contributed by atoms with Crippen LogP contribution in [0.1, 0.15) is 25.7 Å². The number of rotatable bonds is 2. The van der Waals surface area contributed by atoms with Gasteiger partial charge in [-0.3, -0.25) is 15.0 Å². The van der Waals surface area contributed by atoms with Crippen LogP contribution in [-0.4, -0.2) is 48.8 Å². The van der Waals surface area contributed by atoms with Crippen LogP contribution in [0.15, 0.2) is 36.9 Å². The van der Waals surface area contributed by atoms with Crippen molar-refractivity contribution in [1.82, 2.24) is 24.6 Å². The van der Waals surface area contributed by atoms with Crippen LogP contribution in [0.25, 0.3) is 22.0 Å². The maximum Gasteiger partial charge on any atom is 0.323 e. The number of piperidine rings is 1. The van der Waals surface area contributed by atoms with Crippen molar-refractivity contribution >= 4 is 22.8 Å². The number of anilines is 1. The highest BCUT2D eigenvalue weighted by molar-refractivity contribution is 5.92. The number of nitrogens with zero attached hydrogens (tertiary/aromatic N) is 5. The smallest absolute Gasteiger partial charge is 0.323 e. The fourth-order valence-electron chi connectivity index (χ4n) is 4.55. The van der Waals surface area contributed by atoms with E-state index in [-0.39, 0.29) is 24.2 Å². The molecule has 5 rings (SSSR count). The van der Waals surface area contributed by atoms with E-state index in [1.54, 1.807) is 10.9 Å². The minimum absolute atomic E-state index is 0.0809. The van der Waals surface area contributed by atoms with E-state index in [0.717, 1.165) is 47.7 Å². The number of carbonyl (C=O) groups is 1. The van der Waals surface area contributed by atoms with Gasteiger partial charge in [0.1, 0.15) is 5.82 Å². The first-order valence-corrected chi connectivity index (χ1v) is 9.66. The average Bonchev–Trinajstić information content (AvgIpc) is 3.22. The number of nitrogens with one attached hydrogen (secondary N) is 1. The predicted octanol–water partition coefficient (Wildman–Crippen LogP) is 2.52. The Hall–Kier alpha value is -3.00. The van der Waals surface area contributed by atoms with E-state index in [0.29, 0.717) is 5.82 Å². The van der Waals surface area contributed by atoms with Crippen LogP contribution in [0.2, 0.25) is 0 Å². The summed E-state index contributed by atoms with van der Waals surface area (Å²) in [5, 5.41) is 8.11. The molecule has 0 spiro atoms. The Morgan fingerprint density at radius 2 is 1.89 bits per heavy atom. The highest BCUT2D eigenvalue weighted by Gasteiger charge is 2.42. The lowest BCUT2D eigenvalue weighted by atomic mass is 9.99. The molecule has 8 nitrogen and oxygen atoms in total. The SMILES string of the molecule is Cn1cc(-c2cnc3cnc(NC(=O)N4[C@@H]5CC[C@H]4C[C@H](N)C5)cc3c2)cn1. The molecule has 3 N–H and O–H groups in total. The zero-order valence-corrected chi connectivity index (χ0v) is 15.7. The van der Waals surface area contributed by atoms with Gasteiger partial charge in [-0.05, 0) is 37.8 Å². The third kappa shape index (κ3) is 2.99. The van der Waals surface area contributed by atoms with E-state index in [1.807, 2.05) is 42.7 Å². The first kappa shape index (κ1) is 17.1. The molecule has 28 heavy (non-hydrogen) atoms. The molecule has 2 aliphatic heterocycles. The fourth-order valence-corrected chi connectivity index (χ4v) is 4.55. The molecule has 3 aromatic rings. The lowest BCUT2D eigenvalue weighted by molar-refractivity contribution is 0.150. The number of pyridine rings is 2. The normalized spacial score (nSPS) is 23.9. The van der Waals surface area contributed by atoms with E-state index in [4.69, 9.17) is 5.73 Å². The maximum absolute atomic E-state index is 12.9. The standard InChI is InChI=1S/C20H23N7O/c1-26-11-14(9-24-26)13-4-12-5-19(23-10-18(12)22-8-13)25-20(28)27-16-2-3-17(27)7-15(21)6-16/h4-5,8-11,15-17H,2-3,6-7,21H2,1H3,(H,23,25,28)/t15-,16-,17+. The Morgan fingerprint density at radius 3 is 2.61 bits per heavy atom. The number of aryl methyl sites for hydroxylation is 1. The number of hydrogen-bond donors (Lipinski definition) is 2. The summed E-state index contributed by atoms with van der Waals surface area (Å²) in [6.07, 6.45) is 11.1. The molecule has 2 bridgehead atoms. The van der Waals surface area contributed by atoms with Gasteiger partial charge in [0, 0.05) is 54.1 Å². The van der Waals surface area contributed by atoms with Crippen molar-refractivity contribution in [2.75, 3.05) is 5.32 Å². The van der Waals surface area contributed by atoms with Crippen molar-refractivity contribution in [2.45, 2.75) is 43.8 Å². The first-order valence-electron chi connectivity index (χ1n) is 9.66. The van der Waals surface area contributed by atoms with Gasteiger partial charge in [0.05, 0.1) is 17.9 Å². The van der Waals surface area contributed by atoms with Crippen LogP contribution >= 0.6 is 0 Å². The molecule has 5 heterocycles. The maximum atomic E-state index is 12.9. The Balaban J connectivity index is 1.39. The van der Waals surface area contributed by atoms with E-state index in [9.17, 15) is 4.79 Å². The molecule has 2 aliphatic rings. The van der Waals surface area contributed by atoms with Crippen molar-refractivity contribution in [1.29, 1.82) is 0 Å². The van der Waals surface area contributed by atoms with Crippen molar-refractivity contribution < 1.29 is 4.79 Å². The second-order valence-corrected chi connectivity index (χ2v) is 7.84. The lowest BCUT2D eigenvalue weighted by Gasteiger charge is -2.37. The van der Waals surface area contributed by atoms with Crippen molar-refractivity contribution in [2.24, 2.45) is 12.8 Å². The molecular formula is C20H23N7O. The van der Waals surface area contributed by atoms with Gasteiger partial charge >= 0.3 is 6.03 Å². The number of fused-ring (bicyclic) bond motifs is 3. The van der Waals surface area contributed by atoms with E-state index in [1.165, 1.54) is 0 Å². The summed E-state index contributed by atoms with van der Waals surface area (Å²) < 4.78 is 1.76. The van der Waals surface area contributed by atoms with Crippen LogP contribution in [0.3, 0.4) is 0 Å². The average molecular weight is 377 g/mol. The molecule has 0 unspecified atom stereocenters. The minimum Gasteiger partial charge on any atom is -0.328 e. The molecule has 3 atom stereocenters. The molecule has 8 heteroatoms. The molecule has 0 aromatic carbocycles. The quantitative estimate of drug-likeness (QED) is 0.714. The van der Waals surface area contributed by atoms with Gasteiger partial charge in [-0.15, -0.1) is 0 Å². The topological polar surface area (TPSA) is 102 Å². The van der Waals surface area contributed by atoms with Crippen LogP contribution in [0.4, 0.5) is 10.6 Å². The summed E-state index contributed by atoms with van der Waals surface area (Å²) in [5.41, 5.74) is 8.88. The van der Waals surface area contributed by atoms with Gasteiger partial charge < -0.3 is 10.6 Å². The van der Waals surface area contributed by atoms with Crippen LogP contribution in [-0.2, 0) is 7.05 Å². The van der Waals surface area contributed by atoms with Gasteiger partial charge in [0.25, 0.3) is 0 Å². The molecular weight excluding hydrogens is 354 g/mol.